The van der Waals surface area contributed by atoms with E-state index in [4.69, 9.17) is 9.47 Å². The van der Waals surface area contributed by atoms with E-state index >= 15 is 0 Å². The minimum atomic E-state index is -0.439. The van der Waals surface area contributed by atoms with Gasteiger partial charge in [-0.3, -0.25) is 9.78 Å². The van der Waals surface area contributed by atoms with Crippen LogP contribution in [-0.2, 0) is 11.3 Å². The number of para-hydroxylation sites is 1. The van der Waals surface area contributed by atoms with Crippen molar-refractivity contribution in [1.82, 2.24) is 10.3 Å². The fraction of sp³-hybridized carbons (Fsp3) is 0.190. The highest BCUT2D eigenvalue weighted by Gasteiger charge is 2.22. The van der Waals surface area contributed by atoms with Crippen LogP contribution in [0, 0.1) is 11.3 Å². The molecule has 0 fully saturated rings. The van der Waals surface area contributed by atoms with Gasteiger partial charge in [-0.25, -0.2) is 0 Å². The molecule has 3 rings (SSSR count). The number of rotatable bonds is 5. The Morgan fingerprint density at radius 3 is 2.96 bits per heavy atom. The quantitative estimate of drug-likeness (QED) is 0.654. The van der Waals surface area contributed by atoms with Crippen LogP contribution in [0.3, 0.4) is 0 Å². The molecule has 2 aromatic rings. The SMILES string of the molecule is COc1cccc2c1OC(C)C(C=C(C#N)C(=O)NCc1cccnc1)=C2. The number of hydrogen-bond donors (Lipinski definition) is 1. The van der Waals surface area contributed by atoms with Crippen LogP contribution in [0.2, 0.25) is 0 Å². The van der Waals surface area contributed by atoms with Crippen LogP contribution in [0.1, 0.15) is 18.1 Å². The summed E-state index contributed by atoms with van der Waals surface area (Å²) in [6.07, 6.45) is 6.47. The first-order chi connectivity index (χ1) is 13.1. The number of carbonyl (C=O) groups is 1. The van der Waals surface area contributed by atoms with Crippen LogP contribution < -0.4 is 14.8 Å². The molecule has 1 aliphatic rings. The number of nitriles is 1. The molecule has 27 heavy (non-hydrogen) atoms. The lowest BCUT2D eigenvalue weighted by Gasteiger charge is -2.24. The van der Waals surface area contributed by atoms with Gasteiger partial charge in [-0.05, 0) is 42.3 Å². The highest BCUT2D eigenvalue weighted by Crippen LogP contribution is 2.38. The molecule has 0 aliphatic carbocycles. The zero-order valence-electron chi connectivity index (χ0n) is 15.1. The summed E-state index contributed by atoms with van der Waals surface area (Å²) < 4.78 is 11.3. The molecule has 1 atom stereocenters. The monoisotopic (exact) mass is 361 g/mol. The molecule has 2 heterocycles. The van der Waals surface area contributed by atoms with Crippen LogP contribution in [0.5, 0.6) is 11.5 Å². The topological polar surface area (TPSA) is 84.2 Å². The molecule has 0 spiro atoms. The first-order valence-electron chi connectivity index (χ1n) is 8.46. The van der Waals surface area contributed by atoms with E-state index in [2.05, 4.69) is 10.3 Å². The molecule has 0 radical (unpaired) electrons. The Hall–Kier alpha value is -3.59. The third-order valence-electron chi connectivity index (χ3n) is 4.17. The molecule has 136 valence electrons. The van der Waals surface area contributed by atoms with Crippen molar-refractivity contribution in [3.05, 3.63) is 71.1 Å². The van der Waals surface area contributed by atoms with E-state index in [0.717, 1.165) is 16.7 Å². The van der Waals surface area contributed by atoms with Crippen LogP contribution in [0.15, 0.2) is 59.9 Å². The summed E-state index contributed by atoms with van der Waals surface area (Å²) in [5, 5.41) is 12.1. The Kier molecular flexibility index (Phi) is 5.53. The Morgan fingerprint density at radius 2 is 2.26 bits per heavy atom. The van der Waals surface area contributed by atoms with E-state index in [1.54, 1.807) is 31.6 Å². The van der Waals surface area contributed by atoms with Gasteiger partial charge in [0.15, 0.2) is 11.5 Å². The van der Waals surface area contributed by atoms with E-state index < -0.39 is 5.91 Å². The summed E-state index contributed by atoms with van der Waals surface area (Å²) in [6, 6.07) is 11.2. The fourth-order valence-corrected chi connectivity index (χ4v) is 2.73. The molecule has 1 aromatic carbocycles. The number of nitrogens with one attached hydrogen (secondary N) is 1. The Morgan fingerprint density at radius 1 is 1.41 bits per heavy atom. The molecule has 6 nitrogen and oxygen atoms in total. The van der Waals surface area contributed by atoms with Gasteiger partial charge in [-0.2, -0.15) is 5.26 Å². The minimum Gasteiger partial charge on any atom is -0.493 e. The number of benzene rings is 1. The smallest absolute Gasteiger partial charge is 0.262 e. The molecule has 0 bridgehead atoms. The molecule has 6 heteroatoms. The number of methoxy groups -OCH3 is 1. The van der Waals surface area contributed by atoms with E-state index in [1.807, 2.05) is 43.3 Å². The molecule has 1 unspecified atom stereocenters. The lowest BCUT2D eigenvalue weighted by atomic mass is 10.00. The van der Waals surface area contributed by atoms with Crippen molar-refractivity contribution >= 4 is 12.0 Å². The maximum absolute atomic E-state index is 12.4. The first kappa shape index (κ1) is 18.2. The summed E-state index contributed by atoms with van der Waals surface area (Å²) in [5.41, 5.74) is 2.46. The van der Waals surface area contributed by atoms with Gasteiger partial charge in [-0.15, -0.1) is 0 Å². The second kappa shape index (κ2) is 8.19. The molecule has 1 aliphatic heterocycles. The number of pyridine rings is 1. The van der Waals surface area contributed by atoms with Crippen molar-refractivity contribution in [3.63, 3.8) is 0 Å². The van der Waals surface area contributed by atoms with E-state index in [-0.39, 0.29) is 11.7 Å². The van der Waals surface area contributed by atoms with Gasteiger partial charge in [0.1, 0.15) is 17.7 Å². The summed E-state index contributed by atoms with van der Waals surface area (Å²) in [7, 11) is 1.59. The van der Waals surface area contributed by atoms with Crippen molar-refractivity contribution < 1.29 is 14.3 Å². The molecule has 1 aromatic heterocycles. The summed E-state index contributed by atoms with van der Waals surface area (Å²) >= 11 is 0. The Bertz CT molecular complexity index is 943. The molecular formula is C21H19N3O3. The molecule has 1 amide bonds. The largest absolute Gasteiger partial charge is 0.493 e. The number of ether oxygens (including phenoxy) is 2. The molecule has 0 saturated carbocycles. The van der Waals surface area contributed by atoms with Crippen LogP contribution >= 0.6 is 0 Å². The third-order valence-corrected chi connectivity index (χ3v) is 4.17. The zero-order chi connectivity index (χ0) is 19.2. The fourth-order valence-electron chi connectivity index (χ4n) is 2.73. The zero-order valence-corrected chi connectivity index (χ0v) is 15.1. The Labute approximate surface area is 157 Å². The van der Waals surface area contributed by atoms with E-state index in [1.165, 1.54) is 0 Å². The van der Waals surface area contributed by atoms with Crippen LogP contribution in [0.25, 0.3) is 6.08 Å². The van der Waals surface area contributed by atoms with Crippen molar-refractivity contribution in [1.29, 1.82) is 5.26 Å². The Balaban J connectivity index is 1.81. The van der Waals surface area contributed by atoms with Gasteiger partial charge in [0.05, 0.1) is 7.11 Å². The molecular weight excluding hydrogens is 342 g/mol. The molecule has 1 N–H and O–H groups in total. The van der Waals surface area contributed by atoms with Gasteiger partial charge in [-0.1, -0.05) is 18.2 Å². The first-order valence-corrected chi connectivity index (χ1v) is 8.46. The average Bonchev–Trinajstić information content (AvgIpc) is 2.70. The highest BCUT2D eigenvalue weighted by molar-refractivity contribution is 5.98. The van der Waals surface area contributed by atoms with Gasteiger partial charge < -0.3 is 14.8 Å². The predicted octanol–water partition coefficient (Wildman–Crippen LogP) is 3.02. The number of aromatic nitrogens is 1. The highest BCUT2D eigenvalue weighted by atomic mass is 16.5. The van der Waals surface area contributed by atoms with Crippen molar-refractivity contribution in [3.8, 4) is 17.6 Å². The standard InChI is InChI=1S/C21H19N3O3/c1-14-17(9-16-6-3-7-19(26-2)20(16)27-14)10-18(11-22)21(25)24-13-15-5-4-8-23-12-15/h3-10,12,14H,13H2,1-2H3,(H,24,25). The van der Waals surface area contributed by atoms with Crippen molar-refractivity contribution in [2.45, 2.75) is 19.6 Å². The van der Waals surface area contributed by atoms with Crippen LogP contribution in [0.4, 0.5) is 0 Å². The number of amides is 1. The predicted molar refractivity (Wildman–Crippen MR) is 101 cm³/mol. The second-order valence-corrected chi connectivity index (χ2v) is 6.00. The van der Waals surface area contributed by atoms with E-state index in [0.29, 0.717) is 18.0 Å². The lowest BCUT2D eigenvalue weighted by molar-refractivity contribution is -0.117. The second-order valence-electron chi connectivity index (χ2n) is 6.00. The number of fused-ring (bicyclic) bond motifs is 1. The van der Waals surface area contributed by atoms with Gasteiger partial charge in [0, 0.05) is 24.5 Å². The summed E-state index contributed by atoms with van der Waals surface area (Å²) in [6.45, 7) is 2.16. The molecule has 0 saturated heterocycles. The number of hydrogen-bond acceptors (Lipinski definition) is 5. The van der Waals surface area contributed by atoms with Crippen molar-refractivity contribution in [2.24, 2.45) is 0 Å². The summed E-state index contributed by atoms with van der Waals surface area (Å²) in [5.74, 6) is 0.864. The normalized spacial score (nSPS) is 15.7. The van der Waals surface area contributed by atoms with Crippen molar-refractivity contribution in [2.75, 3.05) is 7.11 Å². The van der Waals surface area contributed by atoms with Gasteiger partial charge in [0.25, 0.3) is 5.91 Å². The van der Waals surface area contributed by atoms with Gasteiger partial charge in [0.2, 0.25) is 0 Å². The minimum absolute atomic E-state index is 0.0203. The van der Waals surface area contributed by atoms with E-state index in [9.17, 15) is 10.1 Å². The van der Waals surface area contributed by atoms with Crippen LogP contribution in [-0.4, -0.2) is 24.1 Å². The number of carbonyl (C=O) groups excluding carboxylic acids is 1. The maximum Gasteiger partial charge on any atom is 0.262 e. The third kappa shape index (κ3) is 4.15. The number of nitrogens with zero attached hydrogens (tertiary/aromatic N) is 2. The van der Waals surface area contributed by atoms with Gasteiger partial charge >= 0.3 is 0 Å². The maximum atomic E-state index is 12.4. The lowest BCUT2D eigenvalue weighted by Crippen LogP contribution is -2.25. The average molecular weight is 361 g/mol. The summed E-state index contributed by atoms with van der Waals surface area (Å²) in [4.78, 5) is 16.4.